The van der Waals surface area contributed by atoms with E-state index in [-0.39, 0.29) is 34.2 Å². The number of hydrogen-bond acceptors (Lipinski definition) is 5. The van der Waals surface area contributed by atoms with Gasteiger partial charge in [0.05, 0.1) is 17.0 Å². The van der Waals surface area contributed by atoms with Crippen molar-refractivity contribution in [3.05, 3.63) is 53.1 Å². The van der Waals surface area contributed by atoms with E-state index in [4.69, 9.17) is 21.1 Å². The Morgan fingerprint density at radius 1 is 1.16 bits per heavy atom. The largest absolute Gasteiger partial charge is 0.497 e. The summed E-state index contributed by atoms with van der Waals surface area (Å²) in [6.07, 6.45) is 3.75. The highest BCUT2D eigenvalue weighted by Crippen LogP contribution is 2.28. The van der Waals surface area contributed by atoms with Crippen LogP contribution in [0.2, 0.25) is 5.02 Å². The second kappa shape index (κ2) is 10.3. The zero-order valence-corrected chi connectivity index (χ0v) is 19.2. The number of carbonyl (C=O) groups excluding carboxylic acids is 1. The Bertz CT molecular complexity index is 1010. The molecule has 1 amide bonds. The molecule has 1 fully saturated rings. The summed E-state index contributed by atoms with van der Waals surface area (Å²) in [5.74, 6) is 0.777. The third-order valence-electron chi connectivity index (χ3n) is 5.25. The maximum absolute atomic E-state index is 12.5. The molecular formula is C22H27ClN2O5S. The third-order valence-corrected chi connectivity index (χ3v) is 7.06. The summed E-state index contributed by atoms with van der Waals surface area (Å²) in [4.78, 5) is 14.0. The summed E-state index contributed by atoms with van der Waals surface area (Å²) in [6.45, 7) is 0.211. The van der Waals surface area contributed by atoms with Crippen LogP contribution in [0.5, 0.6) is 11.5 Å². The van der Waals surface area contributed by atoms with Gasteiger partial charge in [0.15, 0.2) is 6.61 Å². The molecule has 9 heteroatoms. The van der Waals surface area contributed by atoms with Crippen LogP contribution in [0.1, 0.15) is 31.2 Å². The molecule has 0 aromatic heterocycles. The molecule has 168 valence electrons. The molecule has 0 heterocycles. The molecule has 1 aliphatic rings. The van der Waals surface area contributed by atoms with E-state index < -0.39 is 10.0 Å². The van der Waals surface area contributed by atoms with Crippen molar-refractivity contribution in [2.75, 3.05) is 20.8 Å². The van der Waals surface area contributed by atoms with Crippen molar-refractivity contribution in [1.29, 1.82) is 0 Å². The summed E-state index contributed by atoms with van der Waals surface area (Å²) >= 11 is 6.22. The standard InChI is InChI=1S/C22H27ClN2O5S/c1-25(14-16-7-9-18(29-2)10-8-16)22(26)15-30-21-12-11-19(13-20(21)23)31(27,28)24-17-5-3-4-6-17/h7-13,17,24H,3-6,14-15H2,1-2H3. The molecular weight excluding hydrogens is 440 g/mol. The molecule has 31 heavy (non-hydrogen) atoms. The number of methoxy groups -OCH3 is 1. The number of carbonyl (C=O) groups is 1. The monoisotopic (exact) mass is 466 g/mol. The molecule has 2 aromatic carbocycles. The lowest BCUT2D eigenvalue weighted by molar-refractivity contribution is -0.132. The van der Waals surface area contributed by atoms with Gasteiger partial charge in [-0.3, -0.25) is 4.79 Å². The summed E-state index contributed by atoms with van der Waals surface area (Å²) in [7, 11) is -0.361. The van der Waals surface area contributed by atoms with Crippen LogP contribution in [0.3, 0.4) is 0 Å². The number of likely N-dealkylation sites (N-methyl/N-ethyl adjacent to an activating group) is 1. The van der Waals surface area contributed by atoms with Gasteiger partial charge >= 0.3 is 0 Å². The molecule has 0 bridgehead atoms. The predicted octanol–water partition coefficient (Wildman–Crippen LogP) is 3.61. The zero-order valence-electron chi connectivity index (χ0n) is 17.6. The molecule has 3 rings (SSSR count). The topological polar surface area (TPSA) is 84.9 Å². The number of nitrogens with one attached hydrogen (secondary N) is 1. The maximum Gasteiger partial charge on any atom is 0.260 e. The fraction of sp³-hybridized carbons (Fsp3) is 0.409. The average molecular weight is 467 g/mol. The van der Waals surface area contributed by atoms with Crippen LogP contribution in [-0.2, 0) is 21.4 Å². The number of sulfonamides is 1. The Labute approximate surface area is 188 Å². The summed E-state index contributed by atoms with van der Waals surface area (Å²) < 4.78 is 38.5. The van der Waals surface area contributed by atoms with Gasteiger partial charge in [-0.15, -0.1) is 0 Å². The third kappa shape index (κ3) is 6.35. The van der Waals surface area contributed by atoms with Crippen molar-refractivity contribution in [2.24, 2.45) is 0 Å². The molecule has 0 aliphatic heterocycles. The molecule has 0 saturated heterocycles. The Morgan fingerprint density at radius 2 is 1.84 bits per heavy atom. The van der Waals surface area contributed by atoms with E-state index in [0.29, 0.717) is 6.54 Å². The van der Waals surface area contributed by atoms with Gasteiger partial charge in [0.2, 0.25) is 10.0 Å². The minimum Gasteiger partial charge on any atom is -0.497 e. The fourth-order valence-corrected chi connectivity index (χ4v) is 5.07. The van der Waals surface area contributed by atoms with Gasteiger partial charge < -0.3 is 14.4 Å². The lowest BCUT2D eigenvalue weighted by Gasteiger charge is -2.18. The number of halogens is 1. The Hall–Kier alpha value is -2.29. The second-order valence-corrected chi connectivity index (χ2v) is 9.70. The molecule has 0 spiro atoms. The van der Waals surface area contributed by atoms with Crippen molar-refractivity contribution < 1.29 is 22.7 Å². The van der Waals surface area contributed by atoms with Gasteiger partial charge in [-0.05, 0) is 48.7 Å². The first-order valence-electron chi connectivity index (χ1n) is 10.1. The fourth-order valence-electron chi connectivity index (χ4n) is 3.44. The highest BCUT2D eigenvalue weighted by molar-refractivity contribution is 7.89. The normalized spacial score (nSPS) is 14.4. The Kier molecular flexibility index (Phi) is 7.80. The van der Waals surface area contributed by atoms with Crippen LogP contribution < -0.4 is 14.2 Å². The first-order chi connectivity index (χ1) is 14.8. The molecule has 0 radical (unpaired) electrons. The van der Waals surface area contributed by atoms with E-state index in [1.807, 2.05) is 24.3 Å². The van der Waals surface area contributed by atoms with Gasteiger partial charge in [0.1, 0.15) is 11.5 Å². The van der Waals surface area contributed by atoms with Gasteiger partial charge in [-0.2, -0.15) is 0 Å². The zero-order chi connectivity index (χ0) is 22.4. The molecule has 1 N–H and O–H groups in total. The van der Waals surface area contributed by atoms with Crippen LogP contribution in [0.25, 0.3) is 0 Å². The predicted molar refractivity (Wildman–Crippen MR) is 119 cm³/mol. The Morgan fingerprint density at radius 3 is 2.45 bits per heavy atom. The molecule has 7 nitrogen and oxygen atoms in total. The lowest BCUT2D eigenvalue weighted by Crippen LogP contribution is -2.32. The molecule has 1 saturated carbocycles. The van der Waals surface area contributed by atoms with E-state index in [1.54, 1.807) is 19.1 Å². The molecule has 2 aromatic rings. The number of hydrogen-bond donors (Lipinski definition) is 1. The first-order valence-corrected chi connectivity index (χ1v) is 12.0. The van der Waals surface area contributed by atoms with E-state index in [9.17, 15) is 13.2 Å². The van der Waals surface area contributed by atoms with E-state index in [0.717, 1.165) is 37.0 Å². The highest BCUT2D eigenvalue weighted by Gasteiger charge is 2.23. The minimum absolute atomic E-state index is 0.0291. The Balaban J connectivity index is 1.56. The van der Waals surface area contributed by atoms with E-state index in [1.165, 1.54) is 18.2 Å². The number of benzene rings is 2. The highest BCUT2D eigenvalue weighted by atomic mass is 35.5. The first kappa shape index (κ1) is 23.4. The van der Waals surface area contributed by atoms with Gasteiger partial charge in [-0.1, -0.05) is 36.6 Å². The maximum atomic E-state index is 12.5. The summed E-state index contributed by atoms with van der Waals surface area (Å²) in [5.41, 5.74) is 0.957. The van der Waals surface area contributed by atoms with Crippen molar-refractivity contribution in [2.45, 2.75) is 43.2 Å². The molecule has 0 atom stereocenters. The summed E-state index contributed by atoms with van der Waals surface area (Å²) in [5, 5.41) is 0.139. The van der Waals surface area contributed by atoms with Gasteiger partial charge in [0.25, 0.3) is 5.91 Å². The lowest BCUT2D eigenvalue weighted by atomic mass is 10.2. The van der Waals surface area contributed by atoms with Crippen molar-refractivity contribution in [3.63, 3.8) is 0 Å². The van der Waals surface area contributed by atoms with Crippen LogP contribution in [0, 0.1) is 0 Å². The smallest absolute Gasteiger partial charge is 0.260 e. The van der Waals surface area contributed by atoms with E-state index >= 15 is 0 Å². The average Bonchev–Trinajstić information content (AvgIpc) is 3.25. The van der Waals surface area contributed by atoms with Crippen LogP contribution in [-0.4, -0.2) is 46.0 Å². The van der Waals surface area contributed by atoms with Crippen LogP contribution in [0.15, 0.2) is 47.4 Å². The number of rotatable bonds is 9. The van der Waals surface area contributed by atoms with Crippen molar-refractivity contribution in [3.8, 4) is 11.5 Å². The summed E-state index contributed by atoms with van der Waals surface area (Å²) in [6, 6.07) is 11.7. The van der Waals surface area contributed by atoms with Crippen LogP contribution in [0.4, 0.5) is 0 Å². The van der Waals surface area contributed by atoms with E-state index in [2.05, 4.69) is 4.72 Å². The number of nitrogens with zero attached hydrogens (tertiary/aromatic N) is 1. The quantitative estimate of drug-likeness (QED) is 0.610. The van der Waals surface area contributed by atoms with Crippen molar-refractivity contribution in [1.82, 2.24) is 9.62 Å². The number of ether oxygens (including phenoxy) is 2. The minimum atomic E-state index is -3.64. The second-order valence-electron chi connectivity index (χ2n) is 7.58. The van der Waals surface area contributed by atoms with Gasteiger partial charge in [0, 0.05) is 19.6 Å². The van der Waals surface area contributed by atoms with Crippen LogP contribution >= 0.6 is 11.6 Å². The van der Waals surface area contributed by atoms with Crippen molar-refractivity contribution >= 4 is 27.5 Å². The van der Waals surface area contributed by atoms with Gasteiger partial charge in [-0.25, -0.2) is 13.1 Å². The SMILES string of the molecule is COc1ccc(CN(C)C(=O)COc2ccc(S(=O)(=O)NC3CCCC3)cc2Cl)cc1. The molecule has 1 aliphatic carbocycles. The number of amides is 1. The molecule has 0 unspecified atom stereocenters.